The molecule has 0 fully saturated rings. The van der Waals surface area contributed by atoms with Crippen molar-refractivity contribution in [1.82, 2.24) is 9.78 Å². The number of aromatic nitrogens is 2. The van der Waals surface area contributed by atoms with E-state index < -0.39 is 0 Å². The lowest BCUT2D eigenvalue weighted by Gasteiger charge is -2.07. The van der Waals surface area contributed by atoms with E-state index in [0.717, 1.165) is 28.3 Å². The number of carbonyl (C=O) groups is 1. The van der Waals surface area contributed by atoms with E-state index >= 15 is 0 Å². The molecule has 0 saturated carbocycles. The number of hydrogen-bond acceptors (Lipinski definition) is 2. The largest absolute Gasteiger partial charge is 0.326 e. The SMILES string of the molecule is Cc1nn(-c2ccc(Cl)c(Cl)c2)c(C)c1CC(=O)Nc1ccccc1. The quantitative estimate of drug-likeness (QED) is 0.700. The maximum atomic E-state index is 12.3. The molecule has 25 heavy (non-hydrogen) atoms. The van der Waals surface area contributed by atoms with Gasteiger partial charge in [0, 0.05) is 16.9 Å². The monoisotopic (exact) mass is 373 g/mol. The number of halogens is 2. The van der Waals surface area contributed by atoms with Crippen LogP contribution in [0.2, 0.25) is 10.0 Å². The van der Waals surface area contributed by atoms with Crippen LogP contribution in [0.25, 0.3) is 5.69 Å². The average Bonchev–Trinajstić information content (AvgIpc) is 2.86. The third-order valence-electron chi connectivity index (χ3n) is 3.98. The van der Waals surface area contributed by atoms with Crippen LogP contribution in [0.4, 0.5) is 5.69 Å². The first kappa shape index (κ1) is 17.5. The molecule has 2 aromatic carbocycles. The second kappa shape index (κ2) is 7.30. The van der Waals surface area contributed by atoms with Crippen molar-refractivity contribution in [2.24, 2.45) is 0 Å². The molecule has 0 saturated heterocycles. The molecule has 0 aliphatic heterocycles. The Morgan fingerprint density at radius 3 is 2.48 bits per heavy atom. The number of aryl methyl sites for hydroxylation is 1. The third-order valence-corrected chi connectivity index (χ3v) is 4.72. The summed E-state index contributed by atoms with van der Waals surface area (Å²) in [7, 11) is 0. The van der Waals surface area contributed by atoms with Crippen molar-refractivity contribution in [3.05, 3.63) is 75.5 Å². The molecule has 1 amide bonds. The van der Waals surface area contributed by atoms with Crippen molar-refractivity contribution in [2.75, 3.05) is 5.32 Å². The number of rotatable bonds is 4. The van der Waals surface area contributed by atoms with Crippen molar-refractivity contribution in [3.8, 4) is 5.69 Å². The number of para-hydroxylation sites is 1. The second-order valence-electron chi connectivity index (χ2n) is 5.75. The summed E-state index contributed by atoms with van der Waals surface area (Å²) in [5.41, 5.74) is 4.20. The van der Waals surface area contributed by atoms with Gasteiger partial charge in [-0.25, -0.2) is 4.68 Å². The van der Waals surface area contributed by atoms with Crippen molar-refractivity contribution >= 4 is 34.8 Å². The zero-order chi connectivity index (χ0) is 18.0. The summed E-state index contributed by atoms with van der Waals surface area (Å²) in [6, 6.07) is 14.7. The highest BCUT2D eigenvalue weighted by Crippen LogP contribution is 2.26. The van der Waals surface area contributed by atoms with E-state index in [9.17, 15) is 4.79 Å². The Labute approximate surface area is 156 Å². The predicted molar refractivity (Wildman–Crippen MR) is 102 cm³/mol. The van der Waals surface area contributed by atoms with Gasteiger partial charge < -0.3 is 5.32 Å². The van der Waals surface area contributed by atoms with Gasteiger partial charge in [-0.15, -0.1) is 0 Å². The van der Waals surface area contributed by atoms with Gasteiger partial charge in [-0.1, -0.05) is 41.4 Å². The number of benzene rings is 2. The molecule has 6 heteroatoms. The summed E-state index contributed by atoms with van der Waals surface area (Å²) in [5, 5.41) is 8.40. The molecule has 0 aliphatic rings. The van der Waals surface area contributed by atoms with E-state index in [1.165, 1.54) is 0 Å². The first-order valence-electron chi connectivity index (χ1n) is 7.81. The van der Waals surface area contributed by atoms with E-state index in [1.807, 2.05) is 50.2 Å². The van der Waals surface area contributed by atoms with Crippen LogP contribution in [0.1, 0.15) is 17.0 Å². The molecule has 0 atom stereocenters. The Kier molecular flexibility index (Phi) is 5.11. The smallest absolute Gasteiger partial charge is 0.228 e. The normalized spacial score (nSPS) is 10.7. The first-order valence-corrected chi connectivity index (χ1v) is 8.56. The minimum Gasteiger partial charge on any atom is -0.326 e. The fourth-order valence-electron chi connectivity index (χ4n) is 2.69. The molecular weight excluding hydrogens is 357 g/mol. The van der Waals surface area contributed by atoms with Gasteiger partial charge in [0.15, 0.2) is 0 Å². The van der Waals surface area contributed by atoms with E-state index in [-0.39, 0.29) is 12.3 Å². The highest BCUT2D eigenvalue weighted by atomic mass is 35.5. The van der Waals surface area contributed by atoms with E-state index in [1.54, 1.807) is 16.8 Å². The molecule has 0 unspecified atom stereocenters. The third kappa shape index (κ3) is 3.86. The van der Waals surface area contributed by atoms with Crippen molar-refractivity contribution < 1.29 is 4.79 Å². The predicted octanol–water partition coefficient (Wildman–Crippen LogP) is 4.98. The van der Waals surface area contributed by atoms with Crippen LogP contribution in [0, 0.1) is 13.8 Å². The molecule has 1 N–H and O–H groups in total. The van der Waals surface area contributed by atoms with E-state index in [0.29, 0.717) is 10.0 Å². The second-order valence-corrected chi connectivity index (χ2v) is 6.56. The number of hydrogen-bond donors (Lipinski definition) is 1. The van der Waals surface area contributed by atoms with Gasteiger partial charge in [0.25, 0.3) is 0 Å². The van der Waals surface area contributed by atoms with Crippen LogP contribution in [0.15, 0.2) is 48.5 Å². The molecule has 0 bridgehead atoms. The lowest BCUT2D eigenvalue weighted by molar-refractivity contribution is -0.115. The first-order chi connectivity index (χ1) is 12.0. The Morgan fingerprint density at radius 2 is 1.80 bits per heavy atom. The highest BCUT2D eigenvalue weighted by molar-refractivity contribution is 6.42. The molecule has 3 rings (SSSR count). The van der Waals surface area contributed by atoms with Crippen LogP contribution >= 0.6 is 23.2 Å². The number of anilines is 1. The Morgan fingerprint density at radius 1 is 1.08 bits per heavy atom. The molecule has 0 radical (unpaired) electrons. The molecule has 1 aromatic heterocycles. The van der Waals surface area contributed by atoms with Crippen LogP contribution in [0.5, 0.6) is 0 Å². The van der Waals surface area contributed by atoms with Gasteiger partial charge in [-0.05, 0) is 44.2 Å². The van der Waals surface area contributed by atoms with E-state index in [2.05, 4.69) is 10.4 Å². The number of amides is 1. The molecule has 3 aromatic rings. The minimum atomic E-state index is -0.0777. The lowest BCUT2D eigenvalue weighted by atomic mass is 10.1. The number of carbonyl (C=O) groups excluding carboxylic acids is 1. The molecule has 4 nitrogen and oxygen atoms in total. The van der Waals surface area contributed by atoms with Crippen LogP contribution in [-0.4, -0.2) is 15.7 Å². The zero-order valence-electron chi connectivity index (χ0n) is 13.9. The highest BCUT2D eigenvalue weighted by Gasteiger charge is 2.16. The molecule has 0 spiro atoms. The van der Waals surface area contributed by atoms with Gasteiger partial charge in [0.2, 0.25) is 5.91 Å². The van der Waals surface area contributed by atoms with Gasteiger partial charge in [-0.3, -0.25) is 4.79 Å². The van der Waals surface area contributed by atoms with Gasteiger partial charge in [0.05, 0.1) is 27.8 Å². The van der Waals surface area contributed by atoms with Gasteiger partial charge in [0.1, 0.15) is 0 Å². The minimum absolute atomic E-state index is 0.0777. The van der Waals surface area contributed by atoms with E-state index in [4.69, 9.17) is 23.2 Å². The van der Waals surface area contributed by atoms with Crippen LogP contribution in [0.3, 0.4) is 0 Å². The number of nitrogens with one attached hydrogen (secondary N) is 1. The summed E-state index contributed by atoms with van der Waals surface area (Å²) in [5.74, 6) is -0.0777. The molecular formula is C19H17Cl2N3O. The summed E-state index contributed by atoms with van der Waals surface area (Å²) < 4.78 is 1.78. The Hall–Kier alpha value is -2.30. The number of nitrogens with zero attached hydrogens (tertiary/aromatic N) is 2. The summed E-state index contributed by atoms with van der Waals surface area (Å²) in [6.45, 7) is 3.83. The molecule has 0 aliphatic carbocycles. The van der Waals surface area contributed by atoms with Crippen LogP contribution < -0.4 is 5.32 Å². The lowest BCUT2D eigenvalue weighted by Crippen LogP contribution is -2.15. The Balaban J connectivity index is 1.84. The topological polar surface area (TPSA) is 46.9 Å². The molecule has 128 valence electrons. The maximum absolute atomic E-state index is 12.3. The van der Waals surface area contributed by atoms with Crippen molar-refractivity contribution in [2.45, 2.75) is 20.3 Å². The fraction of sp³-hybridized carbons (Fsp3) is 0.158. The van der Waals surface area contributed by atoms with Crippen molar-refractivity contribution in [3.63, 3.8) is 0 Å². The standard InChI is InChI=1S/C19H17Cl2N3O/c1-12-16(11-19(25)22-14-6-4-3-5-7-14)13(2)24(23-12)15-8-9-17(20)18(21)10-15/h3-10H,11H2,1-2H3,(H,22,25). The Bertz CT molecular complexity index is 920. The molecule has 1 heterocycles. The zero-order valence-corrected chi connectivity index (χ0v) is 15.4. The van der Waals surface area contributed by atoms with Gasteiger partial charge in [-0.2, -0.15) is 5.10 Å². The fourth-order valence-corrected chi connectivity index (χ4v) is 2.98. The maximum Gasteiger partial charge on any atom is 0.228 e. The summed E-state index contributed by atoms with van der Waals surface area (Å²) in [4.78, 5) is 12.3. The summed E-state index contributed by atoms with van der Waals surface area (Å²) >= 11 is 12.1. The van der Waals surface area contributed by atoms with Crippen LogP contribution in [-0.2, 0) is 11.2 Å². The average molecular weight is 374 g/mol. The summed E-state index contributed by atoms with van der Waals surface area (Å²) in [6.07, 6.45) is 0.258. The van der Waals surface area contributed by atoms with Gasteiger partial charge >= 0.3 is 0 Å². The van der Waals surface area contributed by atoms with Crippen molar-refractivity contribution in [1.29, 1.82) is 0 Å².